The number of thiazole rings is 1. The van der Waals surface area contributed by atoms with Crippen molar-refractivity contribution in [2.75, 3.05) is 25.6 Å². The van der Waals surface area contributed by atoms with Gasteiger partial charge in [0, 0.05) is 17.3 Å². The molecule has 4 rings (SSSR count). The van der Waals surface area contributed by atoms with Crippen LogP contribution in [0.15, 0.2) is 58.3 Å². The molecule has 0 saturated carbocycles. The lowest BCUT2D eigenvalue weighted by molar-refractivity contribution is 0.252. The molecule has 2 aromatic heterocycles. The monoisotopic (exact) mass is 437 g/mol. The van der Waals surface area contributed by atoms with E-state index >= 15 is 0 Å². The van der Waals surface area contributed by atoms with Crippen LogP contribution >= 0.6 is 11.3 Å². The van der Waals surface area contributed by atoms with Gasteiger partial charge in [-0.2, -0.15) is 0 Å². The number of anilines is 1. The van der Waals surface area contributed by atoms with Crippen molar-refractivity contribution in [1.82, 2.24) is 10.3 Å². The number of fused-ring (bicyclic) bond motifs is 1. The fourth-order valence-corrected chi connectivity index (χ4v) is 3.82. The number of hydrogen-bond acceptors (Lipinski definition) is 6. The second-order valence-corrected chi connectivity index (χ2v) is 7.59. The zero-order valence-corrected chi connectivity index (χ0v) is 18.1. The van der Waals surface area contributed by atoms with Gasteiger partial charge in [0.2, 0.25) is 0 Å². The van der Waals surface area contributed by atoms with Gasteiger partial charge in [-0.1, -0.05) is 24.3 Å². The average Bonchev–Trinajstić information content (AvgIpc) is 3.42. The minimum Gasteiger partial charge on any atom is -0.497 e. The Kier molecular flexibility index (Phi) is 6.37. The van der Waals surface area contributed by atoms with Crippen molar-refractivity contribution in [2.45, 2.75) is 13.3 Å². The molecule has 0 radical (unpaired) electrons. The van der Waals surface area contributed by atoms with E-state index in [0.717, 1.165) is 23.1 Å². The molecule has 0 fully saturated rings. The summed E-state index contributed by atoms with van der Waals surface area (Å²) in [5.74, 6) is 2.15. The quantitative estimate of drug-likeness (QED) is 0.389. The standard InChI is InChI=1S/C23H23N3O4S/c1-3-29-19-6-4-5-16-13-20(30-21(16)19)18-14-31-23(25-18)26-22(27)24-12-11-15-7-9-17(28-2)10-8-15/h4-10,13-14H,3,11-12H2,1-2H3,(H2,24,25,26,27). The van der Waals surface area contributed by atoms with Gasteiger partial charge in [-0.15, -0.1) is 11.3 Å². The largest absolute Gasteiger partial charge is 0.497 e. The number of amides is 2. The van der Waals surface area contributed by atoms with Gasteiger partial charge >= 0.3 is 6.03 Å². The predicted octanol–water partition coefficient (Wildman–Crippen LogP) is 5.33. The van der Waals surface area contributed by atoms with Crippen molar-refractivity contribution < 1.29 is 18.7 Å². The fraction of sp³-hybridized carbons (Fsp3) is 0.217. The lowest BCUT2D eigenvalue weighted by Crippen LogP contribution is -2.30. The predicted molar refractivity (Wildman–Crippen MR) is 122 cm³/mol. The second kappa shape index (κ2) is 9.53. The van der Waals surface area contributed by atoms with Crippen molar-refractivity contribution in [3.05, 3.63) is 59.5 Å². The molecule has 4 aromatic rings. The van der Waals surface area contributed by atoms with Crippen molar-refractivity contribution in [3.8, 4) is 23.0 Å². The third-order valence-corrected chi connectivity index (χ3v) is 5.40. The molecule has 0 spiro atoms. The van der Waals surface area contributed by atoms with E-state index in [4.69, 9.17) is 13.9 Å². The van der Waals surface area contributed by atoms with Crippen LogP contribution in [0.3, 0.4) is 0 Å². The first-order chi connectivity index (χ1) is 15.2. The Bertz CT molecular complexity index is 1170. The van der Waals surface area contributed by atoms with Crippen LogP contribution in [-0.4, -0.2) is 31.3 Å². The maximum absolute atomic E-state index is 12.2. The molecule has 0 bridgehead atoms. The summed E-state index contributed by atoms with van der Waals surface area (Å²) in [7, 11) is 1.64. The van der Waals surface area contributed by atoms with E-state index in [0.29, 0.717) is 41.1 Å². The molecule has 0 aliphatic carbocycles. The van der Waals surface area contributed by atoms with Gasteiger partial charge in [0.05, 0.1) is 13.7 Å². The van der Waals surface area contributed by atoms with Gasteiger partial charge in [-0.05, 0) is 43.2 Å². The highest BCUT2D eigenvalue weighted by Crippen LogP contribution is 2.34. The maximum atomic E-state index is 12.2. The van der Waals surface area contributed by atoms with E-state index in [-0.39, 0.29) is 6.03 Å². The minimum absolute atomic E-state index is 0.294. The molecule has 0 unspecified atom stereocenters. The number of urea groups is 1. The highest BCUT2D eigenvalue weighted by Gasteiger charge is 2.14. The number of nitrogens with zero attached hydrogens (tertiary/aromatic N) is 1. The Labute approximate surface area is 184 Å². The van der Waals surface area contributed by atoms with Crippen LogP contribution in [0.5, 0.6) is 11.5 Å². The SMILES string of the molecule is CCOc1cccc2cc(-c3csc(NC(=O)NCCc4ccc(OC)cc4)n3)oc12. The first-order valence-electron chi connectivity index (χ1n) is 9.95. The molecule has 2 N–H and O–H groups in total. The van der Waals surface area contributed by atoms with Crippen LogP contribution in [0.2, 0.25) is 0 Å². The Morgan fingerprint density at radius 2 is 2.03 bits per heavy atom. The summed E-state index contributed by atoms with van der Waals surface area (Å²) < 4.78 is 16.7. The van der Waals surface area contributed by atoms with Crippen LogP contribution in [0.1, 0.15) is 12.5 Å². The van der Waals surface area contributed by atoms with E-state index in [1.165, 1.54) is 11.3 Å². The Morgan fingerprint density at radius 1 is 1.19 bits per heavy atom. The van der Waals surface area contributed by atoms with Gasteiger partial charge in [0.1, 0.15) is 11.4 Å². The summed E-state index contributed by atoms with van der Waals surface area (Å²) in [5, 5.41) is 8.92. The molecule has 0 aliphatic rings. The first kappa shape index (κ1) is 20.7. The summed E-state index contributed by atoms with van der Waals surface area (Å²) in [6, 6.07) is 15.2. The molecule has 8 heteroatoms. The summed E-state index contributed by atoms with van der Waals surface area (Å²) in [6.45, 7) is 3.01. The highest BCUT2D eigenvalue weighted by atomic mass is 32.1. The Balaban J connectivity index is 1.34. The van der Waals surface area contributed by atoms with Crippen LogP contribution in [0.4, 0.5) is 9.93 Å². The average molecular weight is 438 g/mol. The molecule has 160 valence electrons. The van der Waals surface area contributed by atoms with E-state index in [2.05, 4.69) is 15.6 Å². The van der Waals surface area contributed by atoms with Gasteiger partial charge in [-0.3, -0.25) is 5.32 Å². The topological polar surface area (TPSA) is 85.6 Å². The van der Waals surface area contributed by atoms with Gasteiger partial charge in [-0.25, -0.2) is 9.78 Å². The van der Waals surface area contributed by atoms with Crippen LogP contribution in [0.25, 0.3) is 22.4 Å². The van der Waals surface area contributed by atoms with Crippen molar-refractivity contribution in [1.29, 1.82) is 0 Å². The molecule has 31 heavy (non-hydrogen) atoms. The number of furan rings is 1. The lowest BCUT2D eigenvalue weighted by atomic mass is 10.1. The molecule has 2 aromatic carbocycles. The molecule has 2 amide bonds. The molecule has 0 saturated heterocycles. The van der Waals surface area contributed by atoms with E-state index in [9.17, 15) is 4.79 Å². The molecule has 0 aliphatic heterocycles. The zero-order valence-electron chi connectivity index (χ0n) is 17.3. The van der Waals surface area contributed by atoms with Crippen molar-refractivity contribution in [3.63, 3.8) is 0 Å². The van der Waals surface area contributed by atoms with E-state index in [1.54, 1.807) is 7.11 Å². The molecule has 7 nitrogen and oxygen atoms in total. The first-order valence-corrected chi connectivity index (χ1v) is 10.8. The van der Waals surface area contributed by atoms with Crippen LogP contribution in [-0.2, 0) is 6.42 Å². The van der Waals surface area contributed by atoms with E-state index in [1.807, 2.05) is 60.8 Å². The highest BCUT2D eigenvalue weighted by molar-refractivity contribution is 7.14. The summed E-state index contributed by atoms with van der Waals surface area (Å²) in [6.07, 6.45) is 0.724. The van der Waals surface area contributed by atoms with Crippen molar-refractivity contribution in [2.24, 2.45) is 0 Å². The number of aromatic nitrogens is 1. The van der Waals surface area contributed by atoms with Gasteiger partial charge in [0.25, 0.3) is 0 Å². The summed E-state index contributed by atoms with van der Waals surface area (Å²) in [4.78, 5) is 16.7. The number of nitrogens with one attached hydrogen (secondary N) is 2. The number of ether oxygens (including phenoxy) is 2. The maximum Gasteiger partial charge on any atom is 0.321 e. The van der Waals surface area contributed by atoms with E-state index < -0.39 is 0 Å². The van der Waals surface area contributed by atoms with Crippen LogP contribution in [0, 0.1) is 0 Å². The van der Waals surface area contributed by atoms with Crippen LogP contribution < -0.4 is 20.1 Å². The minimum atomic E-state index is -0.294. The molecule has 0 atom stereocenters. The molecule has 2 heterocycles. The van der Waals surface area contributed by atoms with Gasteiger partial charge < -0.3 is 19.2 Å². The number of benzene rings is 2. The Morgan fingerprint density at radius 3 is 2.81 bits per heavy atom. The normalized spacial score (nSPS) is 10.8. The summed E-state index contributed by atoms with van der Waals surface area (Å²) in [5.41, 5.74) is 2.48. The number of rotatable bonds is 8. The third kappa shape index (κ3) is 4.97. The summed E-state index contributed by atoms with van der Waals surface area (Å²) >= 11 is 1.34. The van der Waals surface area contributed by atoms with Crippen molar-refractivity contribution >= 4 is 33.5 Å². The smallest absolute Gasteiger partial charge is 0.321 e. The molecular weight excluding hydrogens is 414 g/mol. The number of carbonyl (C=O) groups excluding carboxylic acids is 1. The Hall–Kier alpha value is -3.52. The third-order valence-electron chi connectivity index (χ3n) is 4.64. The number of carbonyl (C=O) groups is 1. The number of methoxy groups -OCH3 is 1. The number of hydrogen-bond donors (Lipinski definition) is 2. The lowest BCUT2D eigenvalue weighted by Gasteiger charge is -2.06. The number of para-hydroxylation sites is 1. The fourth-order valence-electron chi connectivity index (χ4n) is 3.13. The molecular formula is C23H23N3O4S. The zero-order chi connectivity index (χ0) is 21.6. The second-order valence-electron chi connectivity index (χ2n) is 6.74. The van der Waals surface area contributed by atoms with Gasteiger partial charge in [0.15, 0.2) is 22.2 Å².